The zero-order valence-electron chi connectivity index (χ0n) is 10.7. The Kier molecular flexibility index (Phi) is 4.22. The number of rotatable bonds is 5. The molecule has 0 fully saturated rings. The Labute approximate surface area is 116 Å². The maximum absolute atomic E-state index is 11.5. The highest BCUT2D eigenvalue weighted by molar-refractivity contribution is 7.87. The van der Waals surface area contributed by atoms with E-state index in [2.05, 4.69) is 4.72 Å². The predicted octanol–water partition coefficient (Wildman–Crippen LogP) is 1.33. The van der Waals surface area contributed by atoms with E-state index in [1.165, 1.54) is 25.4 Å². The first-order valence-electron chi connectivity index (χ1n) is 5.74. The van der Waals surface area contributed by atoms with Crippen molar-refractivity contribution in [1.82, 2.24) is 9.03 Å². The lowest BCUT2D eigenvalue weighted by atomic mass is 10.2. The summed E-state index contributed by atoms with van der Waals surface area (Å²) in [6, 6.07) is 9.69. The third-order valence-corrected chi connectivity index (χ3v) is 5.42. The van der Waals surface area contributed by atoms with E-state index in [0.29, 0.717) is 0 Å². The minimum atomic E-state index is -3.50. The van der Waals surface area contributed by atoms with Crippen molar-refractivity contribution in [2.24, 2.45) is 0 Å². The molecule has 0 aliphatic rings. The maximum Gasteiger partial charge on any atom is 0.279 e. The molecule has 0 saturated carbocycles. The lowest BCUT2D eigenvalue weighted by Gasteiger charge is -2.14. The number of nitrogens with zero attached hydrogens (tertiary/aromatic N) is 1. The van der Waals surface area contributed by atoms with Gasteiger partial charge in [-0.1, -0.05) is 18.2 Å². The molecule has 104 valence electrons. The first-order valence-corrected chi connectivity index (χ1v) is 7.99. The fraction of sp³-hybridized carbons (Fsp3) is 0.333. The second-order valence-corrected chi connectivity index (χ2v) is 7.42. The SMILES string of the molecule is CN(C)S(=O)(=O)NC[C@@H](O)c1cc2ccccc2s1. The van der Waals surface area contributed by atoms with Crippen LogP contribution in [0.25, 0.3) is 10.1 Å². The van der Waals surface area contributed by atoms with Crippen molar-refractivity contribution in [3.8, 4) is 0 Å². The Balaban J connectivity index is 2.10. The lowest BCUT2D eigenvalue weighted by molar-refractivity contribution is 0.185. The van der Waals surface area contributed by atoms with E-state index in [1.54, 1.807) is 0 Å². The largest absolute Gasteiger partial charge is 0.386 e. The average Bonchev–Trinajstić information content (AvgIpc) is 2.79. The molecule has 0 spiro atoms. The van der Waals surface area contributed by atoms with Crippen LogP contribution >= 0.6 is 11.3 Å². The van der Waals surface area contributed by atoms with E-state index in [-0.39, 0.29) is 6.54 Å². The van der Waals surface area contributed by atoms with Crippen molar-refractivity contribution in [3.05, 3.63) is 35.2 Å². The van der Waals surface area contributed by atoms with Crippen LogP contribution in [0.4, 0.5) is 0 Å². The van der Waals surface area contributed by atoms with Gasteiger partial charge in [-0.05, 0) is 17.5 Å². The van der Waals surface area contributed by atoms with Gasteiger partial charge in [0.1, 0.15) is 6.10 Å². The van der Waals surface area contributed by atoms with Crippen molar-refractivity contribution in [3.63, 3.8) is 0 Å². The van der Waals surface area contributed by atoms with Crippen LogP contribution in [0.15, 0.2) is 30.3 Å². The number of aliphatic hydroxyl groups excluding tert-OH is 1. The van der Waals surface area contributed by atoms with Gasteiger partial charge in [-0.3, -0.25) is 0 Å². The first kappa shape index (κ1) is 14.4. The van der Waals surface area contributed by atoms with Crippen LogP contribution in [0.3, 0.4) is 0 Å². The van der Waals surface area contributed by atoms with Crippen LogP contribution < -0.4 is 4.72 Å². The van der Waals surface area contributed by atoms with E-state index >= 15 is 0 Å². The molecule has 0 amide bonds. The van der Waals surface area contributed by atoms with Gasteiger partial charge >= 0.3 is 0 Å². The Morgan fingerprint density at radius 2 is 2.05 bits per heavy atom. The number of hydrogen-bond acceptors (Lipinski definition) is 4. The molecular weight excluding hydrogens is 284 g/mol. The van der Waals surface area contributed by atoms with Gasteiger partial charge in [0.05, 0.1) is 0 Å². The normalized spacial score (nSPS) is 14.1. The summed E-state index contributed by atoms with van der Waals surface area (Å²) in [5.41, 5.74) is 0. The van der Waals surface area contributed by atoms with Gasteiger partial charge in [-0.2, -0.15) is 17.4 Å². The van der Waals surface area contributed by atoms with Gasteiger partial charge in [-0.15, -0.1) is 11.3 Å². The standard InChI is InChI=1S/C12H16N2O3S2/c1-14(2)19(16,17)13-8-10(15)12-7-9-5-3-4-6-11(9)18-12/h3-7,10,13,15H,8H2,1-2H3/t10-/m1/s1. The summed E-state index contributed by atoms with van der Waals surface area (Å²) in [6.45, 7) is -0.0344. The third kappa shape index (κ3) is 3.31. The molecule has 5 nitrogen and oxygen atoms in total. The van der Waals surface area contributed by atoms with Crippen molar-refractivity contribution in [2.45, 2.75) is 6.10 Å². The highest BCUT2D eigenvalue weighted by atomic mass is 32.2. The molecule has 1 aromatic carbocycles. The minimum absolute atomic E-state index is 0.0344. The maximum atomic E-state index is 11.5. The van der Waals surface area contributed by atoms with Gasteiger partial charge in [0, 0.05) is 30.2 Å². The molecular formula is C12H16N2O3S2. The van der Waals surface area contributed by atoms with Crippen LogP contribution in [0.2, 0.25) is 0 Å². The Bertz CT molecular complexity index is 631. The average molecular weight is 300 g/mol. The quantitative estimate of drug-likeness (QED) is 0.875. The second-order valence-electron chi connectivity index (χ2n) is 4.34. The van der Waals surface area contributed by atoms with Gasteiger partial charge in [0.15, 0.2) is 0 Å². The van der Waals surface area contributed by atoms with Gasteiger partial charge < -0.3 is 5.11 Å². The molecule has 1 heterocycles. The zero-order valence-corrected chi connectivity index (χ0v) is 12.3. The van der Waals surface area contributed by atoms with Crippen LogP contribution in [0.5, 0.6) is 0 Å². The number of benzene rings is 1. The summed E-state index contributed by atoms with van der Waals surface area (Å²) in [7, 11) is -0.626. The first-order chi connectivity index (χ1) is 8.90. The fourth-order valence-electron chi connectivity index (χ4n) is 1.58. The molecule has 1 aromatic heterocycles. The third-order valence-electron chi connectivity index (χ3n) is 2.71. The van der Waals surface area contributed by atoms with Crippen LogP contribution in [0, 0.1) is 0 Å². The highest BCUT2D eigenvalue weighted by Crippen LogP contribution is 2.29. The van der Waals surface area contributed by atoms with Gasteiger partial charge in [0.25, 0.3) is 10.2 Å². The number of thiophene rings is 1. The Morgan fingerprint density at radius 3 is 2.68 bits per heavy atom. The zero-order chi connectivity index (χ0) is 14.0. The molecule has 19 heavy (non-hydrogen) atoms. The number of fused-ring (bicyclic) bond motifs is 1. The monoisotopic (exact) mass is 300 g/mol. The van der Waals surface area contributed by atoms with E-state index in [4.69, 9.17) is 0 Å². The van der Waals surface area contributed by atoms with E-state index in [9.17, 15) is 13.5 Å². The fourth-order valence-corrected chi connectivity index (χ4v) is 3.26. The topological polar surface area (TPSA) is 69.6 Å². The van der Waals surface area contributed by atoms with Gasteiger partial charge in [0.2, 0.25) is 0 Å². The van der Waals surface area contributed by atoms with Crippen LogP contribution in [-0.2, 0) is 10.2 Å². The molecule has 0 saturated heterocycles. The molecule has 0 unspecified atom stereocenters. The summed E-state index contributed by atoms with van der Waals surface area (Å²) < 4.78 is 27.6. The van der Waals surface area contributed by atoms with Crippen molar-refractivity contribution in [1.29, 1.82) is 0 Å². The summed E-state index contributed by atoms with van der Waals surface area (Å²) in [6.07, 6.45) is -0.841. The number of nitrogens with one attached hydrogen (secondary N) is 1. The molecule has 0 aliphatic carbocycles. The molecule has 1 atom stereocenters. The predicted molar refractivity (Wildman–Crippen MR) is 77.4 cm³/mol. The van der Waals surface area contributed by atoms with E-state index < -0.39 is 16.3 Å². The van der Waals surface area contributed by atoms with Crippen molar-refractivity contribution < 1.29 is 13.5 Å². The molecule has 0 aliphatic heterocycles. The number of aliphatic hydroxyl groups is 1. The summed E-state index contributed by atoms with van der Waals surface area (Å²) in [5, 5.41) is 11.1. The summed E-state index contributed by atoms with van der Waals surface area (Å²) in [5.74, 6) is 0. The molecule has 0 bridgehead atoms. The smallest absolute Gasteiger partial charge is 0.279 e. The van der Waals surface area contributed by atoms with Crippen LogP contribution in [0.1, 0.15) is 11.0 Å². The molecule has 7 heteroatoms. The Hall–Kier alpha value is -0.990. The van der Waals surface area contributed by atoms with Crippen molar-refractivity contribution >= 4 is 31.6 Å². The molecule has 2 aromatic rings. The summed E-state index contributed by atoms with van der Waals surface area (Å²) in [4.78, 5) is 0.752. The lowest BCUT2D eigenvalue weighted by Crippen LogP contribution is -2.37. The van der Waals surface area contributed by atoms with Crippen molar-refractivity contribution in [2.75, 3.05) is 20.6 Å². The molecule has 2 N–H and O–H groups in total. The number of hydrogen-bond donors (Lipinski definition) is 2. The summed E-state index contributed by atoms with van der Waals surface area (Å²) >= 11 is 1.47. The van der Waals surface area contributed by atoms with Crippen LogP contribution in [-0.4, -0.2) is 38.5 Å². The second kappa shape index (κ2) is 5.56. The Morgan fingerprint density at radius 1 is 1.37 bits per heavy atom. The molecule has 2 rings (SSSR count). The van der Waals surface area contributed by atoms with E-state index in [0.717, 1.165) is 19.3 Å². The van der Waals surface area contributed by atoms with E-state index in [1.807, 2.05) is 30.3 Å². The molecule has 0 radical (unpaired) electrons. The minimum Gasteiger partial charge on any atom is -0.386 e. The van der Waals surface area contributed by atoms with Gasteiger partial charge in [-0.25, -0.2) is 0 Å². The highest BCUT2D eigenvalue weighted by Gasteiger charge is 2.17.